The first-order valence-electron chi connectivity index (χ1n) is 6.40. The molecule has 2 aromatic rings. The maximum atomic E-state index is 2.75. The van der Waals surface area contributed by atoms with Gasteiger partial charge in [0, 0.05) is 0 Å². The van der Waals surface area contributed by atoms with Crippen molar-refractivity contribution in [3.8, 4) is 0 Å². The number of allylic oxidation sites excluding steroid dienone is 2. The van der Waals surface area contributed by atoms with E-state index in [2.05, 4.69) is 53.9 Å². The summed E-state index contributed by atoms with van der Waals surface area (Å²) >= 11 is 0. The van der Waals surface area contributed by atoms with Gasteiger partial charge in [-0.3, -0.25) is 0 Å². The van der Waals surface area contributed by atoms with Gasteiger partial charge in [0.2, 0.25) is 0 Å². The van der Waals surface area contributed by atoms with Crippen molar-refractivity contribution in [2.24, 2.45) is 0 Å². The molecule has 0 spiro atoms. The van der Waals surface area contributed by atoms with Crippen LogP contribution in [0.2, 0.25) is 0 Å². The van der Waals surface area contributed by atoms with Crippen LogP contribution < -0.4 is 5.32 Å². The first kappa shape index (κ1) is 14.9. The highest BCUT2D eigenvalue weighted by Gasteiger charge is 1.81. The topological polar surface area (TPSA) is 12.0 Å². The number of hydrogen-bond acceptors (Lipinski definition) is 1. The van der Waals surface area contributed by atoms with Crippen LogP contribution in [-0.4, -0.2) is 14.1 Å². The molecule has 0 fully saturated rings. The molecule has 19 heavy (non-hydrogen) atoms. The van der Waals surface area contributed by atoms with Gasteiger partial charge in [0.25, 0.3) is 0 Å². The van der Waals surface area contributed by atoms with Crippen LogP contribution >= 0.6 is 0 Å². The maximum Gasteiger partial charge on any atom is -0.0167 e. The largest absolute Gasteiger partial charge is 0.323 e. The third kappa shape index (κ3) is 7.02. The van der Waals surface area contributed by atoms with Crippen LogP contribution in [0.25, 0.3) is 12.2 Å². The molecule has 0 radical (unpaired) electrons. The van der Waals surface area contributed by atoms with Crippen LogP contribution in [0.15, 0.2) is 72.8 Å². The Morgan fingerprint density at radius 1 is 0.632 bits per heavy atom. The Labute approximate surface area is 116 Å². The lowest BCUT2D eigenvalue weighted by Crippen LogP contribution is -1.89. The average molecular weight is 251 g/mol. The lowest BCUT2D eigenvalue weighted by Gasteiger charge is -1.90. The molecule has 0 aliphatic carbocycles. The zero-order chi connectivity index (χ0) is 13.8. The fourth-order valence-corrected chi connectivity index (χ4v) is 1.46. The van der Waals surface area contributed by atoms with E-state index in [4.69, 9.17) is 0 Å². The van der Waals surface area contributed by atoms with Crippen molar-refractivity contribution in [1.82, 2.24) is 5.32 Å². The first-order chi connectivity index (χ1) is 9.36. The van der Waals surface area contributed by atoms with Crippen LogP contribution in [0.4, 0.5) is 0 Å². The molecule has 0 aromatic heterocycles. The van der Waals surface area contributed by atoms with E-state index in [1.807, 2.05) is 50.5 Å². The van der Waals surface area contributed by atoms with Crippen LogP contribution in [0.3, 0.4) is 0 Å². The van der Waals surface area contributed by atoms with E-state index in [1.54, 1.807) is 0 Å². The summed E-state index contributed by atoms with van der Waals surface area (Å²) in [6.45, 7) is 0. The Kier molecular flexibility index (Phi) is 7.76. The molecule has 2 aromatic carbocycles. The Balaban J connectivity index is 0.000000550. The highest BCUT2D eigenvalue weighted by molar-refractivity contribution is 5.56. The summed E-state index contributed by atoms with van der Waals surface area (Å²) in [7, 11) is 3.75. The molecule has 0 heterocycles. The second-order valence-corrected chi connectivity index (χ2v) is 4.04. The van der Waals surface area contributed by atoms with Crippen molar-refractivity contribution in [2.75, 3.05) is 14.1 Å². The van der Waals surface area contributed by atoms with E-state index in [9.17, 15) is 0 Å². The Morgan fingerprint density at radius 2 is 0.947 bits per heavy atom. The van der Waals surface area contributed by atoms with E-state index in [0.717, 1.165) is 0 Å². The molecular formula is C18H21N. The minimum atomic E-state index is 1.22. The fraction of sp³-hybridized carbons (Fsp3) is 0.111. The Hall–Kier alpha value is -2.12. The average Bonchev–Trinajstić information content (AvgIpc) is 2.47. The van der Waals surface area contributed by atoms with Crippen molar-refractivity contribution in [3.63, 3.8) is 0 Å². The van der Waals surface area contributed by atoms with Gasteiger partial charge in [-0.15, -0.1) is 0 Å². The lowest BCUT2D eigenvalue weighted by atomic mass is 10.2. The summed E-state index contributed by atoms with van der Waals surface area (Å²) in [5.41, 5.74) is 2.44. The number of nitrogens with one attached hydrogen (secondary N) is 1. The second-order valence-electron chi connectivity index (χ2n) is 4.04. The van der Waals surface area contributed by atoms with E-state index >= 15 is 0 Å². The van der Waals surface area contributed by atoms with Gasteiger partial charge in [-0.05, 0) is 25.2 Å². The van der Waals surface area contributed by atoms with Crippen molar-refractivity contribution >= 4 is 12.2 Å². The smallest absolute Gasteiger partial charge is 0.0167 e. The molecule has 0 amide bonds. The molecule has 1 heteroatoms. The highest BCUT2D eigenvalue weighted by Crippen LogP contribution is 2.03. The molecule has 0 unspecified atom stereocenters. The monoisotopic (exact) mass is 251 g/mol. The van der Waals surface area contributed by atoms with Gasteiger partial charge >= 0.3 is 0 Å². The van der Waals surface area contributed by atoms with Gasteiger partial charge in [0.05, 0.1) is 0 Å². The molecule has 0 aliphatic rings. The summed E-state index contributed by atoms with van der Waals surface area (Å²) in [5.74, 6) is 0. The van der Waals surface area contributed by atoms with Gasteiger partial charge in [-0.2, -0.15) is 0 Å². The van der Waals surface area contributed by atoms with E-state index in [1.165, 1.54) is 11.1 Å². The minimum absolute atomic E-state index is 1.22. The minimum Gasteiger partial charge on any atom is -0.323 e. The maximum absolute atomic E-state index is 2.75. The van der Waals surface area contributed by atoms with Gasteiger partial charge < -0.3 is 5.32 Å². The molecule has 0 saturated heterocycles. The van der Waals surface area contributed by atoms with E-state index in [-0.39, 0.29) is 0 Å². The molecule has 1 N–H and O–H groups in total. The van der Waals surface area contributed by atoms with Crippen LogP contribution in [-0.2, 0) is 0 Å². The SMILES string of the molecule is C(C=Cc1ccccc1)=Cc1ccccc1.CNC. The molecule has 0 saturated carbocycles. The first-order valence-corrected chi connectivity index (χ1v) is 6.40. The van der Waals surface area contributed by atoms with Crippen LogP contribution in [0.1, 0.15) is 11.1 Å². The zero-order valence-electron chi connectivity index (χ0n) is 11.6. The van der Waals surface area contributed by atoms with Gasteiger partial charge in [-0.25, -0.2) is 0 Å². The third-order valence-electron chi connectivity index (χ3n) is 2.29. The molecular weight excluding hydrogens is 230 g/mol. The predicted molar refractivity (Wildman–Crippen MR) is 85.9 cm³/mol. The summed E-state index contributed by atoms with van der Waals surface area (Å²) < 4.78 is 0. The molecule has 2 rings (SSSR count). The van der Waals surface area contributed by atoms with Gasteiger partial charge in [-0.1, -0.05) is 85.0 Å². The molecule has 0 atom stereocenters. The van der Waals surface area contributed by atoms with Crippen molar-refractivity contribution in [1.29, 1.82) is 0 Å². The molecule has 0 bridgehead atoms. The Morgan fingerprint density at radius 3 is 1.26 bits per heavy atom. The number of hydrogen-bond donors (Lipinski definition) is 1. The summed E-state index contributed by atoms with van der Waals surface area (Å²) in [4.78, 5) is 0. The quantitative estimate of drug-likeness (QED) is 0.804. The van der Waals surface area contributed by atoms with Crippen LogP contribution in [0, 0.1) is 0 Å². The second kappa shape index (κ2) is 9.86. The lowest BCUT2D eigenvalue weighted by molar-refractivity contribution is 1.02. The normalized spacial score (nSPS) is 10.4. The Bertz CT molecular complexity index is 436. The third-order valence-corrected chi connectivity index (χ3v) is 2.29. The number of rotatable bonds is 3. The van der Waals surface area contributed by atoms with Crippen LogP contribution in [0.5, 0.6) is 0 Å². The number of benzene rings is 2. The van der Waals surface area contributed by atoms with Crippen molar-refractivity contribution < 1.29 is 0 Å². The van der Waals surface area contributed by atoms with Gasteiger partial charge in [0.1, 0.15) is 0 Å². The molecule has 98 valence electrons. The summed E-state index contributed by atoms with van der Waals surface area (Å²) in [5, 5.41) is 2.75. The van der Waals surface area contributed by atoms with E-state index < -0.39 is 0 Å². The molecule has 0 aliphatic heterocycles. The summed E-state index contributed by atoms with van der Waals surface area (Å²) in [6, 6.07) is 20.6. The molecule has 1 nitrogen and oxygen atoms in total. The van der Waals surface area contributed by atoms with Crippen molar-refractivity contribution in [2.45, 2.75) is 0 Å². The summed E-state index contributed by atoms with van der Waals surface area (Å²) in [6.07, 6.45) is 8.31. The highest BCUT2D eigenvalue weighted by atomic mass is 14.7. The standard InChI is InChI=1S/C16H14.C2H7N/c1-3-9-15(10-4-1)13-7-8-14-16-11-5-2-6-12-16;1-3-2/h1-14H;3H,1-2H3. The van der Waals surface area contributed by atoms with Crippen molar-refractivity contribution in [3.05, 3.63) is 83.9 Å². The fourth-order valence-electron chi connectivity index (χ4n) is 1.46. The zero-order valence-corrected chi connectivity index (χ0v) is 11.6. The van der Waals surface area contributed by atoms with Gasteiger partial charge in [0.15, 0.2) is 0 Å². The van der Waals surface area contributed by atoms with E-state index in [0.29, 0.717) is 0 Å². The predicted octanol–water partition coefficient (Wildman–Crippen LogP) is 4.25.